The van der Waals surface area contributed by atoms with Crippen LogP contribution in [0.25, 0.3) is 0 Å². The highest BCUT2D eigenvalue weighted by Crippen LogP contribution is 2.45. The van der Waals surface area contributed by atoms with Crippen molar-refractivity contribution in [3.63, 3.8) is 0 Å². The summed E-state index contributed by atoms with van der Waals surface area (Å²) in [7, 11) is 0. The van der Waals surface area contributed by atoms with Crippen LogP contribution in [0.15, 0.2) is 84.9 Å². The Kier molecular flexibility index (Phi) is 3.60. The highest BCUT2D eigenvalue weighted by atomic mass is 16.5. The Balaban J connectivity index is 1.38. The van der Waals surface area contributed by atoms with Gasteiger partial charge >= 0.3 is 0 Å². The lowest BCUT2D eigenvalue weighted by atomic mass is 9.98. The number of fused-ring (bicyclic) bond motifs is 4. The van der Waals surface area contributed by atoms with Crippen LogP contribution in [0.1, 0.15) is 22.3 Å². The minimum Gasteiger partial charge on any atom is -0.457 e. The van der Waals surface area contributed by atoms with E-state index in [9.17, 15) is 0 Å². The highest BCUT2D eigenvalue weighted by molar-refractivity contribution is 5.59. The standard InChI is InChI=1S/C26H18O3/c1-3-9-21-17(7-1)15-19-23(27-21)11-5-13-25(19)29-26-14-6-12-24-20(26)16-18-8-2-4-10-22(18)28-24/h1-14H,15-16H2. The van der Waals surface area contributed by atoms with Gasteiger partial charge in [-0.05, 0) is 47.5 Å². The van der Waals surface area contributed by atoms with Crippen molar-refractivity contribution >= 4 is 0 Å². The molecule has 4 aromatic rings. The fraction of sp³-hybridized carbons (Fsp3) is 0.0769. The molecule has 140 valence electrons. The van der Waals surface area contributed by atoms with Gasteiger partial charge < -0.3 is 14.2 Å². The van der Waals surface area contributed by atoms with E-state index in [1.54, 1.807) is 0 Å². The molecule has 0 saturated carbocycles. The zero-order valence-electron chi connectivity index (χ0n) is 15.7. The van der Waals surface area contributed by atoms with Crippen LogP contribution in [0, 0.1) is 0 Å². The van der Waals surface area contributed by atoms with E-state index in [1.807, 2.05) is 72.8 Å². The van der Waals surface area contributed by atoms with Crippen molar-refractivity contribution in [3.8, 4) is 34.5 Å². The second-order valence-corrected chi connectivity index (χ2v) is 7.34. The first-order valence-electron chi connectivity index (χ1n) is 9.78. The van der Waals surface area contributed by atoms with Crippen molar-refractivity contribution in [3.05, 3.63) is 107 Å². The van der Waals surface area contributed by atoms with Crippen LogP contribution < -0.4 is 14.2 Å². The molecule has 0 unspecified atom stereocenters. The predicted molar refractivity (Wildman–Crippen MR) is 112 cm³/mol. The summed E-state index contributed by atoms with van der Waals surface area (Å²) >= 11 is 0. The van der Waals surface area contributed by atoms with Gasteiger partial charge in [-0.15, -0.1) is 0 Å². The third-order valence-corrected chi connectivity index (χ3v) is 5.52. The largest absolute Gasteiger partial charge is 0.457 e. The lowest BCUT2D eigenvalue weighted by Gasteiger charge is -2.25. The van der Waals surface area contributed by atoms with E-state index in [4.69, 9.17) is 14.2 Å². The fourth-order valence-corrected chi connectivity index (χ4v) is 4.06. The van der Waals surface area contributed by atoms with Crippen LogP contribution in [0.4, 0.5) is 0 Å². The van der Waals surface area contributed by atoms with Crippen molar-refractivity contribution in [1.82, 2.24) is 0 Å². The summed E-state index contributed by atoms with van der Waals surface area (Å²) in [5.74, 6) is 5.19. The molecule has 2 heterocycles. The van der Waals surface area contributed by atoms with Crippen molar-refractivity contribution in [1.29, 1.82) is 0 Å². The minimum absolute atomic E-state index is 0.788. The van der Waals surface area contributed by atoms with Gasteiger partial charge in [0.1, 0.15) is 34.5 Å². The number of benzene rings is 4. The molecular weight excluding hydrogens is 360 g/mol. The van der Waals surface area contributed by atoms with Gasteiger partial charge in [-0.2, -0.15) is 0 Å². The maximum absolute atomic E-state index is 6.45. The molecule has 0 atom stereocenters. The maximum atomic E-state index is 6.45. The quantitative estimate of drug-likeness (QED) is 0.329. The highest BCUT2D eigenvalue weighted by Gasteiger charge is 2.23. The third-order valence-electron chi connectivity index (χ3n) is 5.52. The number of para-hydroxylation sites is 2. The molecule has 29 heavy (non-hydrogen) atoms. The van der Waals surface area contributed by atoms with E-state index >= 15 is 0 Å². The van der Waals surface area contributed by atoms with Gasteiger partial charge in [0, 0.05) is 24.0 Å². The van der Waals surface area contributed by atoms with E-state index in [0.29, 0.717) is 0 Å². The van der Waals surface area contributed by atoms with Gasteiger partial charge in [0.25, 0.3) is 0 Å². The summed E-state index contributed by atoms with van der Waals surface area (Å²) in [6, 6.07) is 28.3. The normalized spacial score (nSPS) is 13.1. The summed E-state index contributed by atoms with van der Waals surface area (Å²) in [5.41, 5.74) is 4.48. The van der Waals surface area contributed by atoms with Crippen LogP contribution in [0.5, 0.6) is 34.5 Å². The topological polar surface area (TPSA) is 27.7 Å². The van der Waals surface area contributed by atoms with E-state index < -0.39 is 0 Å². The van der Waals surface area contributed by atoms with Crippen molar-refractivity contribution < 1.29 is 14.2 Å². The minimum atomic E-state index is 0.788. The molecule has 0 saturated heterocycles. The Morgan fingerprint density at radius 1 is 0.483 bits per heavy atom. The van der Waals surface area contributed by atoms with Crippen LogP contribution >= 0.6 is 0 Å². The maximum Gasteiger partial charge on any atom is 0.134 e. The van der Waals surface area contributed by atoms with Crippen molar-refractivity contribution in [2.45, 2.75) is 12.8 Å². The van der Waals surface area contributed by atoms with Gasteiger partial charge in [0.05, 0.1) is 0 Å². The first-order chi connectivity index (χ1) is 14.3. The number of ether oxygens (including phenoxy) is 3. The second-order valence-electron chi connectivity index (χ2n) is 7.34. The SMILES string of the molecule is c1ccc2c(c1)Cc1c(cccc1Oc1cccc3c1Cc1ccccc1O3)O2. The molecule has 3 heteroatoms. The summed E-state index contributed by atoms with van der Waals surface area (Å²) in [4.78, 5) is 0. The molecule has 0 radical (unpaired) electrons. The molecule has 0 amide bonds. The molecule has 0 aromatic heterocycles. The summed E-state index contributed by atoms with van der Waals surface area (Å²) in [5, 5.41) is 0. The van der Waals surface area contributed by atoms with Gasteiger partial charge in [-0.25, -0.2) is 0 Å². The predicted octanol–water partition coefficient (Wildman–Crippen LogP) is 6.87. The average molecular weight is 378 g/mol. The zero-order chi connectivity index (χ0) is 19.2. The molecule has 2 aliphatic heterocycles. The van der Waals surface area contributed by atoms with Gasteiger partial charge in [0.2, 0.25) is 0 Å². The van der Waals surface area contributed by atoms with Crippen molar-refractivity contribution in [2.75, 3.05) is 0 Å². The molecule has 3 nitrogen and oxygen atoms in total. The average Bonchev–Trinajstić information content (AvgIpc) is 2.77. The molecule has 0 aliphatic carbocycles. The van der Waals surface area contributed by atoms with Crippen LogP contribution in [0.2, 0.25) is 0 Å². The monoisotopic (exact) mass is 378 g/mol. The number of hydrogen-bond acceptors (Lipinski definition) is 3. The molecule has 6 rings (SSSR count). The van der Waals surface area contributed by atoms with Crippen LogP contribution in [0.3, 0.4) is 0 Å². The first kappa shape index (κ1) is 16.3. The second kappa shape index (κ2) is 6.42. The van der Waals surface area contributed by atoms with E-state index in [2.05, 4.69) is 12.1 Å². The lowest BCUT2D eigenvalue weighted by Crippen LogP contribution is -2.07. The van der Waals surface area contributed by atoms with E-state index in [0.717, 1.165) is 58.5 Å². The van der Waals surface area contributed by atoms with E-state index in [1.165, 1.54) is 11.1 Å². The number of hydrogen-bond donors (Lipinski definition) is 0. The Bertz CT molecular complexity index is 1150. The molecule has 0 N–H and O–H groups in total. The van der Waals surface area contributed by atoms with Crippen LogP contribution in [-0.4, -0.2) is 0 Å². The third kappa shape index (κ3) is 2.74. The van der Waals surface area contributed by atoms with Gasteiger partial charge in [-0.3, -0.25) is 0 Å². The molecule has 2 aliphatic rings. The molecule has 0 spiro atoms. The van der Waals surface area contributed by atoms with E-state index in [-0.39, 0.29) is 0 Å². The Morgan fingerprint density at radius 2 is 0.931 bits per heavy atom. The first-order valence-corrected chi connectivity index (χ1v) is 9.78. The van der Waals surface area contributed by atoms with Crippen molar-refractivity contribution in [2.24, 2.45) is 0 Å². The Hall–Kier alpha value is -3.72. The fourth-order valence-electron chi connectivity index (χ4n) is 4.06. The molecule has 0 bridgehead atoms. The summed E-state index contributed by atoms with van der Waals surface area (Å²) in [6.07, 6.45) is 1.58. The van der Waals surface area contributed by atoms with Crippen LogP contribution in [-0.2, 0) is 12.8 Å². The summed E-state index contributed by atoms with van der Waals surface area (Å²) < 4.78 is 18.7. The molecule has 4 aromatic carbocycles. The molecular formula is C26H18O3. The zero-order valence-corrected chi connectivity index (χ0v) is 15.7. The van der Waals surface area contributed by atoms with Gasteiger partial charge in [0.15, 0.2) is 0 Å². The molecule has 0 fully saturated rings. The lowest BCUT2D eigenvalue weighted by molar-refractivity contribution is 0.423. The Labute approximate surface area is 169 Å². The van der Waals surface area contributed by atoms with Gasteiger partial charge in [-0.1, -0.05) is 48.5 Å². The smallest absolute Gasteiger partial charge is 0.134 e. The Morgan fingerprint density at radius 3 is 1.45 bits per heavy atom. The summed E-state index contributed by atoms with van der Waals surface area (Å²) in [6.45, 7) is 0. The number of rotatable bonds is 2.